The zero-order valence-electron chi connectivity index (χ0n) is 18.7. The maximum atomic E-state index is 13.5. The Morgan fingerprint density at radius 2 is 1.60 bits per heavy atom. The Morgan fingerprint density at radius 1 is 1.00 bits per heavy atom. The van der Waals surface area contributed by atoms with Crippen molar-refractivity contribution >= 4 is 10.0 Å². The standard InChI is InChI=1S/C21H36N2O5S.ClH/c1-5-6-7-8-9-10-11-17-16-22-12-13-23(17)29(24,25)18-14-19(26-2)21(28-4)20(15-18)27-3;/h14-15,17,22H,5-13,16H2,1-4H3;1H. The van der Waals surface area contributed by atoms with Crippen molar-refractivity contribution in [3.8, 4) is 17.2 Å². The van der Waals surface area contributed by atoms with Gasteiger partial charge >= 0.3 is 0 Å². The molecule has 7 nitrogen and oxygen atoms in total. The molecule has 0 aliphatic carbocycles. The molecule has 1 heterocycles. The van der Waals surface area contributed by atoms with E-state index >= 15 is 0 Å². The van der Waals surface area contributed by atoms with E-state index in [1.807, 2.05) is 0 Å². The maximum Gasteiger partial charge on any atom is 0.244 e. The lowest BCUT2D eigenvalue weighted by Gasteiger charge is -2.33. The number of sulfonamides is 1. The minimum atomic E-state index is -3.65. The Hall–Kier alpha value is -1.22. The highest BCUT2D eigenvalue weighted by molar-refractivity contribution is 7.89. The molecule has 0 saturated carbocycles. The predicted molar refractivity (Wildman–Crippen MR) is 113 cm³/mol. The molecule has 1 aromatic carbocycles. The fourth-order valence-electron chi connectivity index (χ4n) is 3.91. The van der Waals surface area contributed by atoms with Gasteiger partial charge in [-0.15, -0.1) is 0 Å². The molecule has 30 heavy (non-hydrogen) atoms. The van der Waals surface area contributed by atoms with Crippen molar-refractivity contribution in [3.05, 3.63) is 12.1 Å². The number of hydrogen-bond acceptors (Lipinski definition) is 5. The number of methoxy groups -OCH3 is 3. The molecule has 0 radical (unpaired) electrons. The second-order valence-corrected chi connectivity index (χ2v) is 9.39. The van der Waals surface area contributed by atoms with E-state index in [2.05, 4.69) is 12.2 Å². The third-order valence-electron chi connectivity index (χ3n) is 5.54. The van der Waals surface area contributed by atoms with Gasteiger partial charge in [-0.3, -0.25) is 0 Å². The summed E-state index contributed by atoms with van der Waals surface area (Å²) in [7, 11) is 0.833. The van der Waals surface area contributed by atoms with Gasteiger partial charge in [0.1, 0.15) is 0 Å². The molecule has 2 N–H and O–H groups in total. The number of rotatable bonds is 12. The minimum absolute atomic E-state index is 0. The van der Waals surface area contributed by atoms with Crippen LogP contribution in [0.2, 0.25) is 0 Å². The van der Waals surface area contributed by atoms with Gasteiger partial charge in [-0.05, 0) is 6.42 Å². The largest absolute Gasteiger partial charge is 1.00 e. The van der Waals surface area contributed by atoms with Crippen LogP contribution in [0.5, 0.6) is 17.2 Å². The van der Waals surface area contributed by atoms with Crippen molar-refractivity contribution in [3.63, 3.8) is 0 Å². The molecule has 1 aliphatic heterocycles. The first-order valence-electron chi connectivity index (χ1n) is 10.6. The van der Waals surface area contributed by atoms with Crippen LogP contribution in [0, 0.1) is 0 Å². The molecule has 0 spiro atoms. The quantitative estimate of drug-likeness (QED) is 0.418. The highest BCUT2D eigenvalue weighted by atomic mass is 35.5. The number of nitrogens with two attached hydrogens (primary N) is 1. The summed E-state index contributed by atoms with van der Waals surface area (Å²) in [4.78, 5) is 0.182. The normalized spacial score (nSPS) is 17.3. The maximum absolute atomic E-state index is 13.5. The topological polar surface area (TPSA) is 81.7 Å². The van der Waals surface area contributed by atoms with Crippen LogP contribution in [0.3, 0.4) is 0 Å². The molecular weight excluding hydrogens is 428 g/mol. The smallest absolute Gasteiger partial charge is 0.244 e. The van der Waals surface area contributed by atoms with Crippen molar-refractivity contribution in [1.82, 2.24) is 4.31 Å². The number of benzene rings is 1. The van der Waals surface area contributed by atoms with Gasteiger partial charge in [0.25, 0.3) is 0 Å². The van der Waals surface area contributed by atoms with Gasteiger partial charge in [0.05, 0.1) is 51.9 Å². The number of quaternary nitrogens is 1. The SMILES string of the molecule is CCCCCCCCC1C[NH2+]CCN1S(=O)(=O)c1cc(OC)c(OC)c(OC)c1.[Cl-]. The van der Waals surface area contributed by atoms with Gasteiger partial charge in [0.2, 0.25) is 15.8 Å². The summed E-state index contributed by atoms with van der Waals surface area (Å²) >= 11 is 0. The molecule has 1 atom stereocenters. The van der Waals surface area contributed by atoms with Gasteiger partial charge in [-0.2, -0.15) is 4.31 Å². The number of hydrogen-bond donors (Lipinski definition) is 1. The molecule has 1 saturated heterocycles. The lowest BCUT2D eigenvalue weighted by Crippen LogP contribution is -3.00. The number of piperazine rings is 1. The van der Waals surface area contributed by atoms with Crippen LogP contribution < -0.4 is 31.9 Å². The van der Waals surface area contributed by atoms with Crippen molar-refractivity contribution < 1.29 is 40.4 Å². The average molecular weight is 465 g/mol. The summed E-state index contributed by atoms with van der Waals surface area (Å²) in [6.45, 7) is 4.30. The summed E-state index contributed by atoms with van der Waals surface area (Å²) in [5, 5.41) is 2.21. The average Bonchev–Trinajstić information content (AvgIpc) is 2.75. The van der Waals surface area contributed by atoms with Crippen LogP contribution in [0.15, 0.2) is 17.0 Å². The van der Waals surface area contributed by atoms with Crippen LogP contribution in [-0.4, -0.2) is 59.7 Å². The minimum Gasteiger partial charge on any atom is -1.00 e. The van der Waals surface area contributed by atoms with Crippen LogP contribution in [0.4, 0.5) is 0 Å². The molecule has 0 aromatic heterocycles. The number of nitrogens with zero attached hydrogens (tertiary/aromatic N) is 1. The molecule has 1 aliphatic rings. The predicted octanol–water partition coefficient (Wildman–Crippen LogP) is -0.597. The first-order chi connectivity index (χ1) is 14.0. The summed E-state index contributed by atoms with van der Waals surface area (Å²) in [6, 6.07) is 3.06. The van der Waals surface area contributed by atoms with E-state index in [0.717, 1.165) is 32.4 Å². The molecule has 1 aromatic rings. The van der Waals surface area contributed by atoms with Crippen LogP contribution >= 0.6 is 0 Å². The molecule has 0 amide bonds. The zero-order valence-corrected chi connectivity index (χ0v) is 20.2. The number of halogens is 1. The van der Waals surface area contributed by atoms with Crippen LogP contribution in [0.1, 0.15) is 51.9 Å². The number of unbranched alkanes of at least 4 members (excludes halogenated alkanes) is 5. The van der Waals surface area contributed by atoms with Crippen LogP contribution in [0.25, 0.3) is 0 Å². The first kappa shape index (κ1) is 26.8. The lowest BCUT2D eigenvalue weighted by atomic mass is 10.0. The molecule has 1 fully saturated rings. The van der Waals surface area contributed by atoms with E-state index in [0.29, 0.717) is 23.8 Å². The van der Waals surface area contributed by atoms with Crippen molar-refractivity contribution in [2.75, 3.05) is 41.0 Å². The molecule has 174 valence electrons. The van der Waals surface area contributed by atoms with E-state index in [4.69, 9.17) is 14.2 Å². The Morgan fingerprint density at radius 3 is 2.17 bits per heavy atom. The summed E-state index contributed by atoms with van der Waals surface area (Å²) in [6.07, 6.45) is 8.12. The third kappa shape index (κ3) is 6.64. The van der Waals surface area contributed by atoms with E-state index in [-0.39, 0.29) is 23.3 Å². The second-order valence-electron chi connectivity index (χ2n) is 7.50. The van der Waals surface area contributed by atoms with Crippen molar-refractivity contribution in [1.29, 1.82) is 0 Å². The van der Waals surface area contributed by atoms with Gasteiger partial charge < -0.3 is 31.9 Å². The Kier molecular flexibility index (Phi) is 11.8. The summed E-state index contributed by atoms with van der Waals surface area (Å²) < 4.78 is 44.6. The van der Waals surface area contributed by atoms with Gasteiger partial charge in [-0.25, -0.2) is 8.42 Å². The third-order valence-corrected chi connectivity index (χ3v) is 7.46. The van der Waals surface area contributed by atoms with E-state index in [1.165, 1.54) is 59.1 Å². The molecular formula is C21H37ClN2O5S. The van der Waals surface area contributed by atoms with E-state index < -0.39 is 10.0 Å². The fraction of sp³-hybridized carbons (Fsp3) is 0.714. The first-order valence-corrected chi connectivity index (χ1v) is 12.1. The van der Waals surface area contributed by atoms with Gasteiger partial charge in [0.15, 0.2) is 11.5 Å². The highest BCUT2D eigenvalue weighted by Gasteiger charge is 2.36. The molecule has 1 unspecified atom stereocenters. The zero-order chi connectivity index (χ0) is 21.3. The van der Waals surface area contributed by atoms with Crippen LogP contribution in [-0.2, 0) is 10.0 Å². The Labute approximate surface area is 187 Å². The second kappa shape index (κ2) is 13.2. The van der Waals surface area contributed by atoms with Crippen molar-refractivity contribution in [2.24, 2.45) is 0 Å². The summed E-state index contributed by atoms with van der Waals surface area (Å²) in [5.41, 5.74) is 0. The fourth-order valence-corrected chi connectivity index (χ4v) is 5.62. The van der Waals surface area contributed by atoms with Gasteiger partial charge in [0, 0.05) is 12.1 Å². The highest BCUT2D eigenvalue weighted by Crippen LogP contribution is 2.40. The summed E-state index contributed by atoms with van der Waals surface area (Å²) in [5.74, 6) is 1.09. The van der Waals surface area contributed by atoms with Crippen molar-refractivity contribution in [2.45, 2.75) is 62.8 Å². The molecule has 2 rings (SSSR count). The Bertz CT molecular complexity index is 720. The Balaban J connectivity index is 0.00000450. The van der Waals surface area contributed by atoms with Gasteiger partial charge in [-0.1, -0.05) is 45.4 Å². The monoisotopic (exact) mass is 464 g/mol. The van der Waals surface area contributed by atoms with E-state index in [1.54, 1.807) is 4.31 Å². The molecule has 9 heteroatoms. The molecule has 0 bridgehead atoms. The number of ether oxygens (including phenoxy) is 3. The van der Waals surface area contributed by atoms with E-state index in [9.17, 15) is 8.42 Å². The lowest BCUT2D eigenvalue weighted by molar-refractivity contribution is -0.667.